The Morgan fingerprint density at radius 2 is 2.07 bits per heavy atom. The number of hydrogen-bond acceptors (Lipinski definition) is 1. The van der Waals surface area contributed by atoms with E-state index < -0.39 is 0 Å². The second kappa shape index (κ2) is 5.80. The topological polar surface area (TPSA) is 17.1 Å². The Balaban J connectivity index is 3.08. The molecular formula is C12H14Br2O. The summed E-state index contributed by atoms with van der Waals surface area (Å²) in [5.41, 5.74) is 3.29. The summed E-state index contributed by atoms with van der Waals surface area (Å²) in [6.45, 7) is 3.97. The predicted octanol–water partition coefficient (Wildman–Crippen LogP) is 4.11. The zero-order chi connectivity index (χ0) is 11.4. The standard InChI is InChI=1S/C12H14Br2O/c1-3-9-4-5-10(6-11(9)7-13)12(15)8(2)14/h4-6,8H,3,7H2,1-2H3. The maximum Gasteiger partial charge on any atom is 0.176 e. The molecule has 1 aromatic carbocycles. The van der Waals surface area contributed by atoms with E-state index in [9.17, 15) is 4.79 Å². The molecule has 0 radical (unpaired) electrons. The Morgan fingerprint density at radius 1 is 1.40 bits per heavy atom. The second-order valence-electron chi connectivity index (χ2n) is 3.45. The third-order valence-corrected chi connectivity index (χ3v) is 3.40. The number of carbonyl (C=O) groups is 1. The molecule has 0 saturated carbocycles. The maximum absolute atomic E-state index is 11.8. The van der Waals surface area contributed by atoms with Gasteiger partial charge in [0.25, 0.3) is 0 Å². The van der Waals surface area contributed by atoms with E-state index in [0.717, 1.165) is 17.3 Å². The normalized spacial score (nSPS) is 12.5. The van der Waals surface area contributed by atoms with Crippen LogP contribution in [0.2, 0.25) is 0 Å². The number of rotatable bonds is 4. The molecular weight excluding hydrogens is 320 g/mol. The van der Waals surface area contributed by atoms with Gasteiger partial charge in [0, 0.05) is 10.9 Å². The highest BCUT2D eigenvalue weighted by molar-refractivity contribution is 9.10. The van der Waals surface area contributed by atoms with Crippen molar-refractivity contribution in [1.82, 2.24) is 0 Å². The van der Waals surface area contributed by atoms with Gasteiger partial charge in [-0.1, -0.05) is 50.9 Å². The molecule has 0 aliphatic carbocycles. The molecule has 0 aliphatic rings. The van der Waals surface area contributed by atoms with Gasteiger partial charge < -0.3 is 0 Å². The van der Waals surface area contributed by atoms with E-state index in [1.807, 2.05) is 25.1 Å². The summed E-state index contributed by atoms with van der Waals surface area (Å²) < 4.78 is 0. The summed E-state index contributed by atoms with van der Waals surface area (Å²) in [6.07, 6.45) is 0.999. The van der Waals surface area contributed by atoms with Crippen molar-refractivity contribution in [3.8, 4) is 0 Å². The van der Waals surface area contributed by atoms with E-state index in [0.29, 0.717) is 0 Å². The first-order valence-electron chi connectivity index (χ1n) is 4.96. The summed E-state index contributed by atoms with van der Waals surface area (Å²) in [6, 6.07) is 5.93. The number of alkyl halides is 2. The third kappa shape index (κ3) is 3.15. The van der Waals surface area contributed by atoms with Crippen molar-refractivity contribution in [2.45, 2.75) is 30.4 Å². The molecule has 0 fully saturated rings. The minimum atomic E-state index is -0.117. The molecule has 1 aromatic rings. The van der Waals surface area contributed by atoms with E-state index in [4.69, 9.17) is 0 Å². The highest BCUT2D eigenvalue weighted by atomic mass is 79.9. The van der Waals surface area contributed by atoms with Crippen LogP contribution >= 0.6 is 31.9 Å². The van der Waals surface area contributed by atoms with Crippen molar-refractivity contribution in [2.24, 2.45) is 0 Å². The van der Waals surface area contributed by atoms with E-state index in [2.05, 4.69) is 38.8 Å². The van der Waals surface area contributed by atoms with Gasteiger partial charge in [0.15, 0.2) is 5.78 Å². The number of Topliss-reactive ketones (excluding diaryl/α,β-unsaturated/α-hetero) is 1. The Morgan fingerprint density at radius 3 is 2.53 bits per heavy atom. The minimum absolute atomic E-state index is 0.117. The van der Waals surface area contributed by atoms with Gasteiger partial charge in [-0.05, 0) is 30.5 Å². The van der Waals surface area contributed by atoms with Gasteiger partial charge in [0.2, 0.25) is 0 Å². The van der Waals surface area contributed by atoms with Gasteiger partial charge in [-0.3, -0.25) is 4.79 Å². The molecule has 0 N–H and O–H groups in total. The SMILES string of the molecule is CCc1ccc(C(=O)C(C)Br)cc1CBr. The molecule has 1 rings (SSSR count). The molecule has 0 amide bonds. The van der Waals surface area contributed by atoms with Gasteiger partial charge in [-0.2, -0.15) is 0 Å². The molecule has 1 atom stereocenters. The van der Waals surface area contributed by atoms with E-state index in [-0.39, 0.29) is 10.6 Å². The van der Waals surface area contributed by atoms with Crippen molar-refractivity contribution in [3.05, 3.63) is 34.9 Å². The monoisotopic (exact) mass is 332 g/mol. The summed E-state index contributed by atoms with van der Waals surface area (Å²) in [7, 11) is 0. The first-order chi connectivity index (χ1) is 7.10. The number of ketones is 1. The van der Waals surface area contributed by atoms with Gasteiger partial charge in [-0.25, -0.2) is 0 Å². The molecule has 15 heavy (non-hydrogen) atoms. The Hall–Kier alpha value is -0.150. The first kappa shape index (κ1) is 12.9. The van der Waals surface area contributed by atoms with Crippen molar-refractivity contribution in [1.29, 1.82) is 0 Å². The zero-order valence-corrected chi connectivity index (χ0v) is 12.1. The molecule has 0 aromatic heterocycles. The number of aryl methyl sites for hydroxylation is 1. The fourth-order valence-electron chi connectivity index (χ4n) is 1.48. The highest BCUT2D eigenvalue weighted by Crippen LogP contribution is 2.18. The zero-order valence-electron chi connectivity index (χ0n) is 8.89. The molecule has 1 unspecified atom stereocenters. The van der Waals surface area contributed by atoms with E-state index >= 15 is 0 Å². The summed E-state index contributed by atoms with van der Waals surface area (Å²) >= 11 is 6.74. The number of hydrogen-bond donors (Lipinski definition) is 0. The predicted molar refractivity (Wildman–Crippen MR) is 71.2 cm³/mol. The largest absolute Gasteiger partial charge is 0.293 e. The van der Waals surface area contributed by atoms with Gasteiger partial charge >= 0.3 is 0 Å². The summed E-state index contributed by atoms with van der Waals surface area (Å²) in [5.74, 6) is 0.139. The van der Waals surface area contributed by atoms with Crippen LogP contribution in [0.4, 0.5) is 0 Å². The average Bonchev–Trinajstić information content (AvgIpc) is 2.26. The van der Waals surface area contributed by atoms with Crippen molar-refractivity contribution in [3.63, 3.8) is 0 Å². The van der Waals surface area contributed by atoms with Crippen LogP contribution in [-0.2, 0) is 11.8 Å². The Labute approximate surface area is 108 Å². The van der Waals surface area contributed by atoms with Crippen molar-refractivity contribution >= 4 is 37.6 Å². The summed E-state index contributed by atoms with van der Waals surface area (Å²) in [4.78, 5) is 11.6. The molecule has 0 heterocycles. The maximum atomic E-state index is 11.8. The summed E-state index contributed by atoms with van der Waals surface area (Å²) in [5, 5.41) is 0.800. The molecule has 1 nitrogen and oxygen atoms in total. The Bertz CT molecular complexity index is 359. The van der Waals surface area contributed by atoms with E-state index in [1.54, 1.807) is 0 Å². The van der Waals surface area contributed by atoms with Crippen LogP contribution in [0.15, 0.2) is 18.2 Å². The molecule has 0 saturated heterocycles. The van der Waals surface area contributed by atoms with Gasteiger partial charge in [0.05, 0.1) is 4.83 Å². The number of carbonyl (C=O) groups excluding carboxylic acids is 1. The fraction of sp³-hybridized carbons (Fsp3) is 0.417. The van der Waals surface area contributed by atoms with E-state index in [1.165, 1.54) is 11.1 Å². The van der Waals surface area contributed by atoms with Crippen LogP contribution in [0.3, 0.4) is 0 Å². The Kier molecular flexibility index (Phi) is 5.00. The van der Waals surface area contributed by atoms with Crippen LogP contribution in [0.1, 0.15) is 35.3 Å². The second-order valence-corrected chi connectivity index (χ2v) is 5.39. The molecule has 0 spiro atoms. The quantitative estimate of drug-likeness (QED) is 0.598. The lowest BCUT2D eigenvalue weighted by atomic mass is 10.0. The number of halogens is 2. The molecule has 0 aliphatic heterocycles. The number of benzene rings is 1. The minimum Gasteiger partial charge on any atom is -0.293 e. The lowest BCUT2D eigenvalue weighted by Gasteiger charge is -2.08. The highest BCUT2D eigenvalue weighted by Gasteiger charge is 2.13. The van der Waals surface area contributed by atoms with Gasteiger partial charge in [-0.15, -0.1) is 0 Å². The lowest BCUT2D eigenvalue weighted by Crippen LogP contribution is -2.10. The van der Waals surface area contributed by atoms with Crippen LogP contribution in [0.5, 0.6) is 0 Å². The smallest absolute Gasteiger partial charge is 0.176 e. The van der Waals surface area contributed by atoms with Gasteiger partial charge in [0.1, 0.15) is 0 Å². The van der Waals surface area contributed by atoms with Crippen molar-refractivity contribution in [2.75, 3.05) is 0 Å². The average molecular weight is 334 g/mol. The first-order valence-corrected chi connectivity index (χ1v) is 7.00. The lowest BCUT2D eigenvalue weighted by molar-refractivity contribution is 0.0996. The molecule has 3 heteroatoms. The molecule has 0 bridgehead atoms. The van der Waals surface area contributed by atoms with Crippen LogP contribution in [0, 0.1) is 0 Å². The van der Waals surface area contributed by atoms with Crippen LogP contribution < -0.4 is 0 Å². The fourth-order valence-corrected chi connectivity index (χ4v) is 2.26. The molecule has 82 valence electrons. The van der Waals surface area contributed by atoms with Crippen molar-refractivity contribution < 1.29 is 4.79 Å². The van der Waals surface area contributed by atoms with Crippen LogP contribution in [-0.4, -0.2) is 10.6 Å². The van der Waals surface area contributed by atoms with Crippen LogP contribution in [0.25, 0.3) is 0 Å². The third-order valence-electron chi connectivity index (χ3n) is 2.38.